The molecule has 28 heavy (non-hydrogen) atoms. The molecule has 0 aliphatic rings. The number of carboxylic acids is 1. The number of carbonyl (C=O) groups excluding carboxylic acids is 1. The Hall–Kier alpha value is -2.93. The highest BCUT2D eigenvalue weighted by molar-refractivity contribution is 5.80. The van der Waals surface area contributed by atoms with Crippen molar-refractivity contribution in [3.63, 3.8) is 0 Å². The van der Waals surface area contributed by atoms with Crippen molar-refractivity contribution in [2.75, 3.05) is 6.61 Å². The average Bonchev–Trinajstić information content (AvgIpc) is 2.68. The van der Waals surface area contributed by atoms with Gasteiger partial charge in [0.05, 0.1) is 0 Å². The Balaban J connectivity index is 1.85. The van der Waals surface area contributed by atoms with Crippen molar-refractivity contribution in [2.24, 2.45) is 0 Å². The Kier molecular flexibility index (Phi) is 7.95. The highest BCUT2D eigenvalue weighted by atomic mass is 19.1. The zero-order valence-corrected chi connectivity index (χ0v) is 15.9. The molecule has 0 aromatic heterocycles. The van der Waals surface area contributed by atoms with Crippen LogP contribution in [0.5, 0.6) is 5.75 Å². The van der Waals surface area contributed by atoms with Gasteiger partial charge in [0.15, 0.2) is 12.2 Å². The number of aliphatic carboxylic acids is 1. The number of amides is 1. The van der Waals surface area contributed by atoms with E-state index in [1.54, 1.807) is 50.2 Å². The maximum Gasteiger partial charge on any atom is 0.333 e. The summed E-state index contributed by atoms with van der Waals surface area (Å²) in [7, 11) is 0. The van der Waals surface area contributed by atoms with E-state index < -0.39 is 18.2 Å². The standard InChI is InChI=1S/C21H24FNO5/c1-3-27-19(21(25)26)12-15-6-10-18(11-7-15)28-14(2)20(24)23-13-16-4-8-17(22)9-5-16/h4-11,14,19H,3,12-13H2,1-2H3,(H,23,24)(H,25,26)/t14?,19-/m1/s1. The summed E-state index contributed by atoms with van der Waals surface area (Å²) in [6, 6.07) is 12.7. The fourth-order valence-electron chi connectivity index (χ4n) is 2.53. The van der Waals surface area contributed by atoms with Crippen molar-refractivity contribution in [2.45, 2.75) is 39.0 Å². The molecule has 0 aliphatic carbocycles. The molecule has 2 rings (SSSR count). The van der Waals surface area contributed by atoms with E-state index in [1.807, 2.05) is 0 Å². The smallest absolute Gasteiger partial charge is 0.333 e. The van der Waals surface area contributed by atoms with Crippen LogP contribution in [0, 0.1) is 5.82 Å². The molecule has 1 amide bonds. The normalized spacial score (nSPS) is 12.8. The summed E-state index contributed by atoms with van der Waals surface area (Å²) in [6.07, 6.45) is -1.37. The van der Waals surface area contributed by atoms with Crippen LogP contribution in [0.1, 0.15) is 25.0 Å². The van der Waals surface area contributed by atoms with Gasteiger partial charge in [-0.15, -0.1) is 0 Å². The number of hydrogen-bond acceptors (Lipinski definition) is 4. The maximum absolute atomic E-state index is 12.9. The summed E-state index contributed by atoms with van der Waals surface area (Å²) in [5.41, 5.74) is 1.58. The van der Waals surface area contributed by atoms with Gasteiger partial charge in [0.2, 0.25) is 0 Å². The van der Waals surface area contributed by atoms with Gasteiger partial charge in [-0.05, 0) is 49.2 Å². The fraction of sp³-hybridized carbons (Fsp3) is 0.333. The van der Waals surface area contributed by atoms with Crippen LogP contribution in [0.2, 0.25) is 0 Å². The second kappa shape index (κ2) is 10.4. The molecule has 2 N–H and O–H groups in total. The first-order valence-electron chi connectivity index (χ1n) is 9.01. The molecule has 0 aliphatic heterocycles. The molecule has 2 aromatic carbocycles. The first-order valence-corrected chi connectivity index (χ1v) is 9.01. The summed E-state index contributed by atoms with van der Waals surface area (Å²) >= 11 is 0. The Morgan fingerprint density at radius 3 is 2.25 bits per heavy atom. The Labute approximate surface area is 163 Å². The minimum Gasteiger partial charge on any atom is -0.481 e. The lowest BCUT2D eigenvalue weighted by Crippen LogP contribution is -2.35. The molecule has 0 fully saturated rings. The summed E-state index contributed by atoms with van der Waals surface area (Å²) in [5, 5.41) is 11.9. The van der Waals surface area contributed by atoms with Gasteiger partial charge >= 0.3 is 5.97 Å². The molecule has 0 spiro atoms. The van der Waals surface area contributed by atoms with Gasteiger partial charge in [-0.25, -0.2) is 9.18 Å². The zero-order chi connectivity index (χ0) is 20.5. The molecule has 0 radical (unpaired) electrons. The van der Waals surface area contributed by atoms with E-state index in [0.29, 0.717) is 12.4 Å². The van der Waals surface area contributed by atoms with Gasteiger partial charge in [0, 0.05) is 19.6 Å². The van der Waals surface area contributed by atoms with E-state index in [-0.39, 0.29) is 24.7 Å². The lowest BCUT2D eigenvalue weighted by atomic mass is 10.1. The van der Waals surface area contributed by atoms with E-state index in [1.165, 1.54) is 12.1 Å². The summed E-state index contributed by atoms with van der Waals surface area (Å²) < 4.78 is 23.7. The molecule has 0 saturated heterocycles. The molecular formula is C21H24FNO5. The van der Waals surface area contributed by atoms with E-state index in [0.717, 1.165) is 11.1 Å². The van der Waals surface area contributed by atoms with Crippen molar-refractivity contribution in [3.8, 4) is 5.75 Å². The van der Waals surface area contributed by atoms with Crippen molar-refractivity contribution in [1.29, 1.82) is 0 Å². The van der Waals surface area contributed by atoms with Gasteiger partial charge in [-0.3, -0.25) is 4.79 Å². The van der Waals surface area contributed by atoms with E-state index >= 15 is 0 Å². The Morgan fingerprint density at radius 2 is 1.68 bits per heavy atom. The third kappa shape index (κ3) is 6.66. The molecule has 150 valence electrons. The topological polar surface area (TPSA) is 84.9 Å². The number of hydrogen-bond donors (Lipinski definition) is 2. The molecule has 6 nitrogen and oxygen atoms in total. The summed E-state index contributed by atoms with van der Waals surface area (Å²) in [4.78, 5) is 23.3. The highest BCUT2D eigenvalue weighted by Gasteiger charge is 2.18. The van der Waals surface area contributed by atoms with Crippen molar-refractivity contribution < 1.29 is 28.6 Å². The minimum absolute atomic E-state index is 0.247. The van der Waals surface area contributed by atoms with Crippen LogP contribution in [0.3, 0.4) is 0 Å². The molecule has 0 bridgehead atoms. The maximum atomic E-state index is 12.9. The number of benzene rings is 2. The van der Waals surface area contributed by atoms with Crippen molar-refractivity contribution in [1.82, 2.24) is 5.32 Å². The van der Waals surface area contributed by atoms with E-state index in [4.69, 9.17) is 14.6 Å². The van der Waals surface area contributed by atoms with E-state index in [9.17, 15) is 14.0 Å². The largest absolute Gasteiger partial charge is 0.481 e. The van der Waals surface area contributed by atoms with Crippen LogP contribution < -0.4 is 10.1 Å². The molecule has 1 unspecified atom stereocenters. The first-order chi connectivity index (χ1) is 13.4. The van der Waals surface area contributed by atoms with Gasteiger partial charge in [-0.2, -0.15) is 0 Å². The Bertz CT molecular complexity index is 776. The predicted molar refractivity (Wildman–Crippen MR) is 102 cm³/mol. The van der Waals surface area contributed by atoms with Gasteiger partial charge < -0.3 is 19.9 Å². The predicted octanol–water partition coefficient (Wildman–Crippen LogP) is 2.94. The Morgan fingerprint density at radius 1 is 1.07 bits per heavy atom. The lowest BCUT2D eigenvalue weighted by Gasteiger charge is -2.16. The van der Waals surface area contributed by atoms with Gasteiger partial charge in [0.1, 0.15) is 11.6 Å². The van der Waals surface area contributed by atoms with Gasteiger partial charge in [-0.1, -0.05) is 24.3 Å². The fourth-order valence-corrected chi connectivity index (χ4v) is 2.53. The lowest BCUT2D eigenvalue weighted by molar-refractivity contribution is -0.150. The van der Waals surface area contributed by atoms with Gasteiger partial charge in [0.25, 0.3) is 5.91 Å². The highest BCUT2D eigenvalue weighted by Crippen LogP contribution is 2.16. The van der Waals surface area contributed by atoms with Crippen molar-refractivity contribution in [3.05, 3.63) is 65.5 Å². The van der Waals surface area contributed by atoms with E-state index in [2.05, 4.69) is 5.32 Å². The van der Waals surface area contributed by atoms with Crippen LogP contribution in [0.25, 0.3) is 0 Å². The molecule has 2 aromatic rings. The summed E-state index contributed by atoms with van der Waals surface area (Å²) in [5.74, 6) is -1.13. The van der Waals surface area contributed by atoms with Crippen LogP contribution in [0.4, 0.5) is 4.39 Å². The molecule has 0 saturated carbocycles. The third-order valence-electron chi connectivity index (χ3n) is 4.05. The number of nitrogens with one attached hydrogen (secondary N) is 1. The monoisotopic (exact) mass is 389 g/mol. The van der Waals surface area contributed by atoms with Crippen molar-refractivity contribution >= 4 is 11.9 Å². The second-order valence-electron chi connectivity index (χ2n) is 6.23. The van der Waals surface area contributed by atoms with Crippen LogP contribution >= 0.6 is 0 Å². The first kappa shape index (κ1) is 21.4. The van der Waals surface area contributed by atoms with Crippen LogP contribution in [-0.4, -0.2) is 35.8 Å². The number of carbonyl (C=O) groups is 2. The SMILES string of the molecule is CCO[C@H](Cc1ccc(OC(C)C(=O)NCc2ccc(F)cc2)cc1)C(=O)O. The number of halogens is 1. The second-order valence-corrected chi connectivity index (χ2v) is 6.23. The molecule has 7 heteroatoms. The van der Waals surface area contributed by atoms with Crippen LogP contribution in [0.15, 0.2) is 48.5 Å². The zero-order valence-electron chi connectivity index (χ0n) is 15.9. The van der Waals surface area contributed by atoms with Crippen LogP contribution in [-0.2, 0) is 27.3 Å². The minimum atomic E-state index is -1.01. The quantitative estimate of drug-likeness (QED) is 0.653. The third-order valence-corrected chi connectivity index (χ3v) is 4.05. The molecule has 2 atom stereocenters. The average molecular weight is 389 g/mol. The number of ether oxygens (including phenoxy) is 2. The summed E-state index contributed by atoms with van der Waals surface area (Å²) in [6.45, 7) is 3.97. The number of rotatable bonds is 10. The molecule has 0 heterocycles. The number of carboxylic acid groups (broad SMARTS) is 1. The molecular weight excluding hydrogens is 365 g/mol.